The van der Waals surface area contributed by atoms with Gasteiger partial charge in [-0.1, -0.05) is 20.8 Å². The normalized spacial score (nSPS) is 32.3. The van der Waals surface area contributed by atoms with E-state index in [2.05, 4.69) is 13.8 Å². The van der Waals surface area contributed by atoms with Gasteiger partial charge in [0.2, 0.25) is 0 Å². The molecule has 0 aromatic carbocycles. The van der Waals surface area contributed by atoms with Crippen LogP contribution in [0.25, 0.3) is 0 Å². The highest BCUT2D eigenvalue weighted by molar-refractivity contribution is 5.81. The van der Waals surface area contributed by atoms with Gasteiger partial charge in [0, 0.05) is 12.3 Å². The van der Waals surface area contributed by atoms with Gasteiger partial charge in [-0.05, 0) is 18.3 Å². The maximum atomic E-state index is 11.1. The van der Waals surface area contributed by atoms with Crippen molar-refractivity contribution in [3.63, 3.8) is 0 Å². The van der Waals surface area contributed by atoms with Crippen molar-refractivity contribution in [1.29, 1.82) is 0 Å². The molecule has 1 aliphatic rings. The van der Waals surface area contributed by atoms with E-state index < -0.39 is 0 Å². The lowest BCUT2D eigenvalue weighted by Gasteiger charge is -2.32. The van der Waals surface area contributed by atoms with Gasteiger partial charge in [0.25, 0.3) is 0 Å². The predicted molar refractivity (Wildman–Crippen MR) is 41.8 cm³/mol. The minimum atomic E-state index is 0.309. The number of Topliss-reactive ketones (excluding diaryl/α,β-unsaturated/α-hetero) is 1. The first-order chi connectivity index (χ1) is 4.51. The van der Waals surface area contributed by atoms with E-state index in [0.29, 0.717) is 17.1 Å². The number of hydrogen-bond acceptors (Lipinski definition) is 1. The molecule has 0 amide bonds. The summed E-state index contributed by atoms with van der Waals surface area (Å²) in [5.41, 5.74) is 0.410. The van der Waals surface area contributed by atoms with E-state index >= 15 is 0 Å². The molecule has 0 saturated heterocycles. The molecule has 1 fully saturated rings. The summed E-state index contributed by atoms with van der Waals surface area (Å²) in [6.07, 6.45) is 2.95. The molecule has 58 valence electrons. The first kappa shape index (κ1) is 7.77. The Balaban J connectivity index is 2.57. The maximum absolute atomic E-state index is 11.1. The van der Waals surface area contributed by atoms with Crippen LogP contribution in [0.4, 0.5) is 0 Å². The Morgan fingerprint density at radius 2 is 2.10 bits per heavy atom. The molecule has 0 bridgehead atoms. The van der Waals surface area contributed by atoms with Crippen LogP contribution in [0.2, 0.25) is 0 Å². The van der Waals surface area contributed by atoms with Crippen molar-refractivity contribution in [3.8, 4) is 0 Å². The predicted octanol–water partition coefficient (Wildman–Crippen LogP) is 2.40. The molecular weight excluding hydrogens is 124 g/mol. The number of ketones is 1. The van der Waals surface area contributed by atoms with Gasteiger partial charge in [-0.15, -0.1) is 0 Å². The monoisotopic (exact) mass is 140 g/mol. The SMILES string of the molecule is C[C@H]1CC(C)(C)CCC1=O. The Bertz CT molecular complexity index is 147. The van der Waals surface area contributed by atoms with Crippen LogP contribution in [0.15, 0.2) is 0 Å². The maximum Gasteiger partial charge on any atom is 0.135 e. The summed E-state index contributed by atoms with van der Waals surface area (Å²) in [6.45, 7) is 6.54. The molecule has 0 aromatic rings. The fraction of sp³-hybridized carbons (Fsp3) is 0.889. The quantitative estimate of drug-likeness (QED) is 0.505. The van der Waals surface area contributed by atoms with Gasteiger partial charge in [-0.25, -0.2) is 0 Å². The summed E-state index contributed by atoms with van der Waals surface area (Å²) < 4.78 is 0. The van der Waals surface area contributed by atoms with Crippen LogP contribution in [-0.4, -0.2) is 5.78 Å². The molecule has 0 aromatic heterocycles. The van der Waals surface area contributed by atoms with Crippen molar-refractivity contribution in [3.05, 3.63) is 0 Å². The van der Waals surface area contributed by atoms with Crippen LogP contribution in [0.5, 0.6) is 0 Å². The highest BCUT2D eigenvalue weighted by atomic mass is 16.1. The van der Waals surface area contributed by atoms with E-state index in [-0.39, 0.29) is 0 Å². The Kier molecular flexibility index (Phi) is 1.84. The van der Waals surface area contributed by atoms with Crippen LogP contribution in [-0.2, 0) is 4.79 Å². The number of rotatable bonds is 0. The molecule has 1 aliphatic carbocycles. The van der Waals surface area contributed by atoms with Gasteiger partial charge in [-0.3, -0.25) is 4.79 Å². The Morgan fingerprint density at radius 3 is 2.50 bits per heavy atom. The molecule has 0 unspecified atom stereocenters. The molecule has 0 heterocycles. The standard InChI is InChI=1S/C9H16O/c1-7-6-9(2,3)5-4-8(7)10/h7H,4-6H2,1-3H3/t7-/m0/s1. The van der Waals surface area contributed by atoms with Crippen LogP contribution in [0.3, 0.4) is 0 Å². The first-order valence-electron chi connectivity index (χ1n) is 4.04. The molecule has 0 N–H and O–H groups in total. The molecule has 0 aliphatic heterocycles. The van der Waals surface area contributed by atoms with Gasteiger partial charge >= 0.3 is 0 Å². The zero-order valence-corrected chi connectivity index (χ0v) is 7.11. The van der Waals surface area contributed by atoms with Gasteiger partial charge in [-0.2, -0.15) is 0 Å². The third-order valence-electron chi connectivity index (χ3n) is 2.46. The molecule has 1 nitrogen and oxygen atoms in total. The summed E-state index contributed by atoms with van der Waals surface area (Å²) >= 11 is 0. The molecule has 1 rings (SSSR count). The van der Waals surface area contributed by atoms with Crippen LogP contribution >= 0.6 is 0 Å². The van der Waals surface area contributed by atoms with E-state index in [1.807, 2.05) is 6.92 Å². The number of carbonyl (C=O) groups excluding carboxylic acids is 1. The summed E-state index contributed by atoms with van der Waals surface area (Å²) in [4.78, 5) is 11.1. The molecule has 0 spiro atoms. The summed E-state index contributed by atoms with van der Waals surface area (Å²) in [5, 5.41) is 0. The van der Waals surface area contributed by atoms with Gasteiger partial charge < -0.3 is 0 Å². The Morgan fingerprint density at radius 1 is 1.50 bits per heavy atom. The summed E-state index contributed by atoms with van der Waals surface area (Å²) in [6, 6.07) is 0. The molecule has 0 radical (unpaired) electrons. The average molecular weight is 140 g/mol. The summed E-state index contributed by atoms with van der Waals surface area (Å²) in [5.74, 6) is 0.767. The number of hydrogen-bond donors (Lipinski definition) is 0. The van der Waals surface area contributed by atoms with Gasteiger partial charge in [0.15, 0.2) is 0 Å². The Hall–Kier alpha value is -0.330. The van der Waals surface area contributed by atoms with E-state index in [1.165, 1.54) is 0 Å². The van der Waals surface area contributed by atoms with Crippen molar-refractivity contribution >= 4 is 5.78 Å². The highest BCUT2D eigenvalue weighted by Gasteiger charge is 2.30. The van der Waals surface area contributed by atoms with Crippen molar-refractivity contribution < 1.29 is 4.79 Å². The minimum absolute atomic E-state index is 0.309. The zero-order valence-electron chi connectivity index (χ0n) is 7.11. The van der Waals surface area contributed by atoms with Crippen molar-refractivity contribution in [2.45, 2.75) is 40.0 Å². The fourth-order valence-corrected chi connectivity index (χ4v) is 1.75. The molecule has 10 heavy (non-hydrogen) atoms. The first-order valence-corrected chi connectivity index (χ1v) is 4.04. The largest absolute Gasteiger partial charge is 0.299 e. The third kappa shape index (κ3) is 1.59. The average Bonchev–Trinajstić information content (AvgIpc) is 1.79. The lowest BCUT2D eigenvalue weighted by molar-refractivity contribution is -0.126. The second-order valence-electron chi connectivity index (χ2n) is 4.24. The molecular formula is C9H16O. The second kappa shape index (κ2) is 2.37. The highest BCUT2D eigenvalue weighted by Crippen LogP contribution is 2.36. The number of carbonyl (C=O) groups is 1. The van der Waals surface area contributed by atoms with E-state index in [0.717, 1.165) is 19.3 Å². The third-order valence-corrected chi connectivity index (χ3v) is 2.46. The van der Waals surface area contributed by atoms with Crippen LogP contribution < -0.4 is 0 Å². The Labute approximate surface area is 62.8 Å². The minimum Gasteiger partial charge on any atom is -0.299 e. The molecule has 1 heteroatoms. The smallest absolute Gasteiger partial charge is 0.135 e. The van der Waals surface area contributed by atoms with E-state index in [1.54, 1.807) is 0 Å². The lowest BCUT2D eigenvalue weighted by Crippen LogP contribution is -2.27. The fourth-order valence-electron chi connectivity index (χ4n) is 1.75. The summed E-state index contributed by atoms with van der Waals surface area (Å²) in [7, 11) is 0. The van der Waals surface area contributed by atoms with Gasteiger partial charge in [0.1, 0.15) is 5.78 Å². The van der Waals surface area contributed by atoms with Crippen molar-refractivity contribution in [1.82, 2.24) is 0 Å². The zero-order chi connectivity index (χ0) is 7.78. The molecule has 1 atom stereocenters. The van der Waals surface area contributed by atoms with Gasteiger partial charge in [0.05, 0.1) is 0 Å². The topological polar surface area (TPSA) is 17.1 Å². The van der Waals surface area contributed by atoms with Crippen LogP contribution in [0, 0.1) is 11.3 Å². The van der Waals surface area contributed by atoms with Crippen LogP contribution in [0.1, 0.15) is 40.0 Å². The van der Waals surface area contributed by atoms with Crippen molar-refractivity contribution in [2.75, 3.05) is 0 Å². The second-order valence-corrected chi connectivity index (χ2v) is 4.24. The molecule has 1 saturated carbocycles. The van der Waals surface area contributed by atoms with E-state index in [4.69, 9.17) is 0 Å². The van der Waals surface area contributed by atoms with Crippen molar-refractivity contribution in [2.24, 2.45) is 11.3 Å². The van der Waals surface area contributed by atoms with E-state index in [9.17, 15) is 4.79 Å². The lowest BCUT2D eigenvalue weighted by atomic mass is 9.72.